The molecule has 0 saturated heterocycles. The van der Waals surface area contributed by atoms with Crippen LogP contribution in [0.4, 0.5) is 5.95 Å². The third kappa shape index (κ3) is 3.25. The van der Waals surface area contributed by atoms with E-state index >= 15 is 0 Å². The molecule has 2 aliphatic heterocycles. The van der Waals surface area contributed by atoms with Crippen LogP contribution in [0.15, 0.2) is 83.1 Å². The quantitative estimate of drug-likeness (QED) is 0.379. The highest BCUT2D eigenvalue weighted by Gasteiger charge is 2.41. The summed E-state index contributed by atoms with van der Waals surface area (Å²) in [6, 6.07) is 21.8. The van der Waals surface area contributed by atoms with Crippen LogP contribution < -0.4 is 19.5 Å². The number of hydrogen-bond acceptors (Lipinski definition) is 6. The monoisotopic (exact) mass is 516 g/mol. The number of hydrogen-bond donors (Lipinski definition) is 1. The fourth-order valence-electron chi connectivity index (χ4n) is 4.69. The maximum atomic E-state index is 6.69. The zero-order valence-electron chi connectivity index (χ0n) is 18.5. The highest BCUT2D eigenvalue weighted by atomic mass is 79.9. The second-order valence-corrected chi connectivity index (χ2v) is 8.96. The molecule has 0 fully saturated rings. The zero-order chi connectivity index (χ0) is 23.2. The predicted octanol–water partition coefficient (Wildman–Crippen LogP) is 5.62. The summed E-state index contributed by atoms with van der Waals surface area (Å²) in [5.74, 6) is 3.01. The lowest BCUT2D eigenvalue weighted by molar-refractivity contribution is 0.217. The van der Waals surface area contributed by atoms with Crippen LogP contribution in [0.1, 0.15) is 28.8 Å². The molecule has 0 amide bonds. The number of aromatic nitrogens is 3. The normalized spacial score (nSPS) is 18.2. The minimum absolute atomic E-state index is 0.248. The van der Waals surface area contributed by atoms with Crippen molar-refractivity contribution in [2.75, 3.05) is 19.5 Å². The predicted molar refractivity (Wildman–Crippen MR) is 132 cm³/mol. The number of fused-ring (bicyclic) bond motifs is 3. The van der Waals surface area contributed by atoms with Crippen molar-refractivity contribution in [3.05, 3.63) is 99.8 Å². The number of halogens is 1. The molecule has 1 aromatic heterocycles. The third-order valence-electron chi connectivity index (χ3n) is 6.23. The summed E-state index contributed by atoms with van der Waals surface area (Å²) in [4.78, 5) is 4.48. The van der Waals surface area contributed by atoms with Crippen LogP contribution in [0.25, 0.3) is 5.70 Å². The zero-order valence-corrected chi connectivity index (χ0v) is 20.1. The fraction of sp³-hybridized carbons (Fsp3) is 0.154. The molecule has 0 unspecified atom stereocenters. The van der Waals surface area contributed by atoms with E-state index in [-0.39, 0.29) is 6.04 Å². The number of rotatable bonds is 4. The first kappa shape index (κ1) is 20.8. The highest BCUT2D eigenvalue weighted by Crippen LogP contribution is 2.52. The molecule has 6 rings (SSSR count). The molecule has 3 heterocycles. The molecule has 170 valence electrons. The van der Waals surface area contributed by atoms with E-state index in [1.807, 2.05) is 53.2 Å². The van der Waals surface area contributed by atoms with Gasteiger partial charge in [0.15, 0.2) is 6.10 Å². The van der Waals surface area contributed by atoms with Crippen LogP contribution in [-0.2, 0) is 0 Å². The van der Waals surface area contributed by atoms with E-state index in [1.165, 1.54) is 0 Å². The van der Waals surface area contributed by atoms with Gasteiger partial charge in [-0.05, 0) is 48.0 Å². The van der Waals surface area contributed by atoms with Gasteiger partial charge >= 0.3 is 0 Å². The Morgan fingerprint density at radius 2 is 1.82 bits per heavy atom. The van der Waals surface area contributed by atoms with Gasteiger partial charge in [0.2, 0.25) is 5.95 Å². The summed E-state index contributed by atoms with van der Waals surface area (Å²) in [6.45, 7) is 0. The van der Waals surface area contributed by atoms with Crippen LogP contribution in [0.2, 0.25) is 0 Å². The molecule has 0 spiro atoms. The van der Waals surface area contributed by atoms with E-state index in [9.17, 15) is 0 Å². The number of para-hydroxylation sites is 1. The molecule has 0 bridgehead atoms. The number of anilines is 1. The van der Waals surface area contributed by atoms with Crippen LogP contribution in [0.3, 0.4) is 0 Å². The molecule has 0 aliphatic carbocycles. The number of nitrogens with zero attached hydrogens (tertiary/aromatic N) is 3. The molecule has 3 aromatic carbocycles. The summed E-state index contributed by atoms with van der Waals surface area (Å²) in [5, 5.41) is 8.09. The summed E-state index contributed by atoms with van der Waals surface area (Å²) in [7, 11) is 3.34. The van der Waals surface area contributed by atoms with E-state index < -0.39 is 6.10 Å². The molecular formula is C26H21BrN4O3. The summed E-state index contributed by atoms with van der Waals surface area (Å²) in [6.07, 6.45) is 1.15. The van der Waals surface area contributed by atoms with E-state index in [4.69, 9.17) is 14.2 Å². The molecule has 34 heavy (non-hydrogen) atoms. The maximum Gasteiger partial charge on any atom is 0.226 e. The topological polar surface area (TPSA) is 70.4 Å². The van der Waals surface area contributed by atoms with Gasteiger partial charge in [-0.2, -0.15) is 10.1 Å². The van der Waals surface area contributed by atoms with E-state index in [0.29, 0.717) is 5.95 Å². The lowest BCUT2D eigenvalue weighted by Crippen LogP contribution is -2.32. The Hall–Kier alpha value is -3.78. The Morgan fingerprint density at radius 1 is 1.00 bits per heavy atom. The fourth-order valence-corrected chi connectivity index (χ4v) is 5.07. The number of methoxy groups -OCH3 is 2. The van der Waals surface area contributed by atoms with Crippen molar-refractivity contribution in [1.82, 2.24) is 14.8 Å². The lowest BCUT2D eigenvalue weighted by atomic mass is 9.84. The van der Waals surface area contributed by atoms with Gasteiger partial charge in [0, 0.05) is 21.2 Å². The molecule has 0 saturated carbocycles. The van der Waals surface area contributed by atoms with Crippen molar-refractivity contribution in [2.45, 2.75) is 12.1 Å². The first-order valence-corrected chi connectivity index (χ1v) is 11.6. The molecule has 7 nitrogen and oxygen atoms in total. The molecule has 4 aromatic rings. The Bertz CT molecular complexity index is 1410. The van der Waals surface area contributed by atoms with Crippen LogP contribution in [-0.4, -0.2) is 29.0 Å². The number of benzene rings is 3. The highest BCUT2D eigenvalue weighted by molar-refractivity contribution is 9.10. The smallest absolute Gasteiger partial charge is 0.226 e. The van der Waals surface area contributed by atoms with Crippen LogP contribution in [0, 0.1) is 0 Å². The Kier molecular flexibility index (Phi) is 5.03. The van der Waals surface area contributed by atoms with Crippen molar-refractivity contribution in [3.8, 4) is 17.2 Å². The summed E-state index contributed by atoms with van der Waals surface area (Å²) >= 11 is 3.62. The van der Waals surface area contributed by atoms with Gasteiger partial charge in [-0.3, -0.25) is 0 Å². The van der Waals surface area contributed by atoms with Crippen molar-refractivity contribution in [2.24, 2.45) is 0 Å². The lowest BCUT2D eigenvalue weighted by Gasteiger charge is -2.39. The second-order valence-electron chi connectivity index (χ2n) is 8.04. The van der Waals surface area contributed by atoms with Gasteiger partial charge in [-0.15, -0.1) is 0 Å². The largest absolute Gasteiger partial charge is 0.497 e. The van der Waals surface area contributed by atoms with Gasteiger partial charge in [0.25, 0.3) is 0 Å². The maximum absolute atomic E-state index is 6.69. The van der Waals surface area contributed by atoms with Crippen molar-refractivity contribution in [3.63, 3.8) is 0 Å². The van der Waals surface area contributed by atoms with Crippen LogP contribution >= 0.6 is 15.9 Å². The van der Waals surface area contributed by atoms with Gasteiger partial charge in [0.1, 0.15) is 29.6 Å². The second kappa shape index (κ2) is 8.22. The van der Waals surface area contributed by atoms with Crippen molar-refractivity contribution < 1.29 is 14.2 Å². The molecule has 2 atom stereocenters. The van der Waals surface area contributed by atoms with Gasteiger partial charge < -0.3 is 19.5 Å². The Labute approximate surface area is 205 Å². The molecule has 1 N–H and O–H groups in total. The Balaban J connectivity index is 1.63. The minimum atomic E-state index is -0.422. The van der Waals surface area contributed by atoms with Gasteiger partial charge in [-0.1, -0.05) is 40.2 Å². The standard InChI is InChI=1S/C26H21BrN4O3/c1-32-17-10-7-15(8-11-17)24-22-23(30-26-28-14-29-31(24)26)18-5-3-4-6-21(18)34-25(22)19-13-16(27)9-12-20(19)33-2/h3-14,24-25H,1-2H3,(H,28,29,30)/t24-,25-/m1/s1. The van der Waals surface area contributed by atoms with Crippen molar-refractivity contribution in [1.29, 1.82) is 0 Å². The molecular weight excluding hydrogens is 496 g/mol. The summed E-state index contributed by atoms with van der Waals surface area (Å²) < 4.78 is 20.7. The number of nitrogens with one attached hydrogen (secondary N) is 1. The summed E-state index contributed by atoms with van der Waals surface area (Å²) in [5.41, 5.74) is 4.94. The van der Waals surface area contributed by atoms with E-state index in [2.05, 4.69) is 49.5 Å². The SMILES string of the molecule is COc1ccc([C@@H]2C3=C(Nc4ncnn42)c2ccccc2O[C@@H]3c2cc(Br)ccc2OC)cc1. The average molecular weight is 517 g/mol. The average Bonchev–Trinajstić information content (AvgIpc) is 3.35. The van der Waals surface area contributed by atoms with Crippen LogP contribution in [0.5, 0.6) is 17.2 Å². The minimum Gasteiger partial charge on any atom is -0.497 e. The molecule has 2 aliphatic rings. The van der Waals surface area contributed by atoms with Gasteiger partial charge in [0.05, 0.1) is 19.9 Å². The molecule has 0 radical (unpaired) electrons. The third-order valence-corrected chi connectivity index (χ3v) is 6.72. The van der Waals surface area contributed by atoms with E-state index in [0.717, 1.165) is 49.7 Å². The first-order chi connectivity index (χ1) is 16.7. The first-order valence-electron chi connectivity index (χ1n) is 10.8. The number of ether oxygens (including phenoxy) is 3. The van der Waals surface area contributed by atoms with Crippen molar-refractivity contribution >= 4 is 27.6 Å². The Morgan fingerprint density at radius 3 is 2.62 bits per heavy atom. The van der Waals surface area contributed by atoms with Gasteiger partial charge in [-0.25, -0.2) is 4.68 Å². The van der Waals surface area contributed by atoms with E-state index in [1.54, 1.807) is 20.5 Å². The molecule has 8 heteroatoms.